The van der Waals surface area contributed by atoms with Gasteiger partial charge in [0, 0.05) is 11.3 Å². The second-order valence-corrected chi connectivity index (χ2v) is 5.97. The molecular formula is C15H16N4S. The van der Waals surface area contributed by atoms with Crippen molar-refractivity contribution in [2.75, 3.05) is 5.73 Å². The monoisotopic (exact) mass is 284 g/mol. The summed E-state index contributed by atoms with van der Waals surface area (Å²) in [4.78, 5) is 9.87. The van der Waals surface area contributed by atoms with Gasteiger partial charge >= 0.3 is 0 Å². The number of nitriles is 1. The van der Waals surface area contributed by atoms with Gasteiger partial charge in [-0.15, -0.1) is 11.3 Å². The molecule has 0 bridgehead atoms. The smallest absolute Gasteiger partial charge is 0.142 e. The minimum absolute atomic E-state index is 0.357. The van der Waals surface area contributed by atoms with E-state index in [2.05, 4.69) is 16.0 Å². The molecular weight excluding hydrogens is 268 g/mol. The van der Waals surface area contributed by atoms with Gasteiger partial charge in [0.05, 0.1) is 16.1 Å². The topological polar surface area (TPSA) is 75.6 Å². The molecule has 0 fully saturated rings. The van der Waals surface area contributed by atoms with Crippen molar-refractivity contribution in [3.05, 3.63) is 28.0 Å². The summed E-state index contributed by atoms with van der Waals surface area (Å²) in [5.41, 5.74) is 12.6. The van der Waals surface area contributed by atoms with E-state index < -0.39 is 0 Å². The number of hydrogen-bond acceptors (Lipinski definition) is 5. The Hall–Kier alpha value is -1.93. The van der Waals surface area contributed by atoms with Gasteiger partial charge in [-0.3, -0.25) is 0 Å². The molecule has 4 nitrogen and oxygen atoms in total. The molecule has 2 N–H and O–H groups in total. The first-order valence-electron chi connectivity index (χ1n) is 6.84. The molecule has 0 saturated heterocycles. The van der Waals surface area contributed by atoms with Crippen molar-refractivity contribution in [3.8, 4) is 16.5 Å². The van der Waals surface area contributed by atoms with Crippen LogP contribution in [0, 0.1) is 18.3 Å². The zero-order valence-corrected chi connectivity index (χ0v) is 12.3. The lowest BCUT2D eigenvalue weighted by atomic mass is 9.95. The first-order chi connectivity index (χ1) is 9.72. The van der Waals surface area contributed by atoms with Gasteiger partial charge in [-0.05, 0) is 38.2 Å². The zero-order valence-electron chi connectivity index (χ0n) is 11.4. The molecule has 0 amide bonds. The third-order valence-corrected chi connectivity index (χ3v) is 4.78. The van der Waals surface area contributed by atoms with Gasteiger partial charge in [-0.25, -0.2) is 9.97 Å². The normalized spacial score (nSPS) is 14.4. The number of nitrogen functional groups attached to an aromatic ring is 1. The molecule has 2 aromatic rings. The van der Waals surface area contributed by atoms with Gasteiger partial charge < -0.3 is 5.73 Å². The molecule has 2 heterocycles. The van der Waals surface area contributed by atoms with Crippen LogP contribution in [0.2, 0.25) is 0 Å². The highest BCUT2D eigenvalue weighted by Gasteiger charge is 2.23. The van der Waals surface area contributed by atoms with Gasteiger partial charge in [0.15, 0.2) is 0 Å². The Kier molecular flexibility index (Phi) is 3.41. The standard InChI is InChI=1S/C15H16N4S/c1-9-14(20-8-18-9)13-10-5-3-2-4-6-12(10)19-15(17)11(13)7-16/h8H,2-6H2,1H3,(H2,17,19). The zero-order chi connectivity index (χ0) is 14.1. The number of nitrogens with two attached hydrogens (primary N) is 1. The minimum Gasteiger partial charge on any atom is -0.383 e. The Balaban J connectivity index is 2.33. The number of aryl methyl sites for hydroxylation is 2. The number of thiazole rings is 1. The third-order valence-electron chi connectivity index (χ3n) is 3.84. The fourth-order valence-corrected chi connectivity index (χ4v) is 3.73. The van der Waals surface area contributed by atoms with Gasteiger partial charge in [0.2, 0.25) is 0 Å². The van der Waals surface area contributed by atoms with Crippen molar-refractivity contribution < 1.29 is 0 Å². The van der Waals surface area contributed by atoms with E-state index in [1.165, 1.54) is 12.0 Å². The van der Waals surface area contributed by atoms with Crippen LogP contribution in [0.4, 0.5) is 5.82 Å². The molecule has 5 heteroatoms. The van der Waals surface area contributed by atoms with E-state index in [0.29, 0.717) is 11.4 Å². The van der Waals surface area contributed by atoms with Crippen LogP contribution < -0.4 is 5.73 Å². The van der Waals surface area contributed by atoms with Gasteiger partial charge in [0.1, 0.15) is 17.5 Å². The molecule has 3 rings (SSSR count). The lowest BCUT2D eigenvalue weighted by Crippen LogP contribution is -2.06. The summed E-state index contributed by atoms with van der Waals surface area (Å²) in [6, 6.07) is 2.24. The Labute approximate surface area is 122 Å². The van der Waals surface area contributed by atoms with Crippen molar-refractivity contribution in [1.82, 2.24) is 9.97 Å². The molecule has 0 aliphatic heterocycles. The number of anilines is 1. The largest absolute Gasteiger partial charge is 0.383 e. The highest BCUT2D eigenvalue weighted by Crippen LogP contribution is 2.38. The van der Waals surface area contributed by atoms with E-state index in [-0.39, 0.29) is 0 Å². The first-order valence-corrected chi connectivity index (χ1v) is 7.72. The van der Waals surface area contributed by atoms with Crippen LogP contribution in [-0.2, 0) is 12.8 Å². The average Bonchev–Trinajstić information content (AvgIpc) is 2.71. The molecule has 0 unspecified atom stereocenters. The van der Waals surface area contributed by atoms with E-state index in [1.807, 2.05) is 12.4 Å². The third kappa shape index (κ3) is 2.06. The average molecular weight is 284 g/mol. The highest BCUT2D eigenvalue weighted by molar-refractivity contribution is 7.13. The maximum atomic E-state index is 9.48. The van der Waals surface area contributed by atoms with Crippen molar-refractivity contribution >= 4 is 17.2 Å². The van der Waals surface area contributed by atoms with E-state index in [4.69, 9.17) is 5.73 Å². The van der Waals surface area contributed by atoms with Crippen LogP contribution in [0.1, 0.15) is 41.8 Å². The predicted octanol–water partition coefficient (Wildman–Crippen LogP) is 3.24. The minimum atomic E-state index is 0.357. The van der Waals surface area contributed by atoms with E-state index in [1.54, 1.807) is 11.3 Å². The first kappa shape index (κ1) is 13.1. The molecule has 102 valence electrons. The van der Waals surface area contributed by atoms with Crippen LogP contribution in [0.15, 0.2) is 5.51 Å². The number of nitrogens with zero attached hydrogens (tertiary/aromatic N) is 3. The van der Waals surface area contributed by atoms with E-state index in [0.717, 1.165) is 47.5 Å². The number of hydrogen-bond donors (Lipinski definition) is 1. The van der Waals surface area contributed by atoms with Crippen molar-refractivity contribution in [3.63, 3.8) is 0 Å². The Morgan fingerprint density at radius 1 is 1.30 bits per heavy atom. The summed E-state index contributed by atoms with van der Waals surface area (Å²) in [5, 5.41) is 9.48. The fourth-order valence-electron chi connectivity index (χ4n) is 2.84. The summed E-state index contributed by atoms with van der Waals surface area (Å²) in [7, 11) is 0. The van der Waals surface area contributed by atoms with Crippen LogP contribution in [0.3, 0.4) is 0 Å². The molecule has 2 aromatic heterocycles. The van der Waals surface area contributed by atoms with Crippen molar-refractivity contribution in [1.29, 1.82) is 5.26 Å². The number of rotatable bonds is 1. The maximum Gasteiger partial charge on any atom is 0.142 e. The summed E-state index contributed by atoms with van der Waals surface area (Å²) in [5.74, 6) is 0.357. The van der Waals surface area contributed by atoms with Gasteiger partial charge in [-0.1, -0.05) is 6.42 Å². The quantitative estimate of drug-likeness (QED) is 0.816. The Morgan fingerprint density at radius 2 is 2.10 bits per heavy atom. The maximum absolute atomic E-state index is 9.48. The summed E-state index contributed by atoms with van der Waals surface area (Å²) >= 11 is 1.57. The van der Waals surface area contributed by atoms with Crippen LogP contribution in [-0.4, -0.2) is 9.97 Å². The van der Waals surface area contributed by atoms with Gasteiger partial charge in [-0.2, -0.15) is 5.26 Å². The summed E-state index contributed by atoms with van der Waals surface area (Å²) < 4.78 is 0. The molecule has 0 spiro atoms. The second kappa shape index (κ2) is 5.22. The number of aromatic nitrogens is 2. The summed E-state index contributed by atoms with van der Waals surface area (Å²) in [6.07, 6.45) is 5.43. The lowest BCUT2D eigenvalue weighted by molar-refractivity contribution is 0.709. The Morgan fingerprint density at radius 3 is 2.80 bits per heavy atom. The number of fused-ring (bicyclic) bond motifs is 1. The van der Waals surface area contributed by atoms with E-state index in [9.17, 15) is 5.26 Å². The number of pyridine rings is 1. The molecule has 0 atom stereocenters. The second-order valence-electron chi connectivity index (χ2n) is 5.11. The van der Waals surface area contributed by atoms with Crippen molar-refractivity contribution in [2.24, 2.45) is 0 Å². The SMILES string of the molecule is Cc1ncsc1-c1c(C#N)c(N)nc2c1CCCCC2. The molecule has 1 aliphatic carbocycles. The molecule has 0 saturated carbocycles. The molecule has 0 radical (unpaired) electrons. The van der Waals surface area contributed by atoms with Crippen LogP contribution in [0.5, 0.6) is 0 Å². The molecule has 1 aliphatic rings. The molecule has 0 aromatic carbocycles. The van der Waals surface area contributed by atoms with Crippen LogP contribution >= 0.6 is 11.3 Å². The highest BCUT2D eigenvalue weighted by atomic mass is 32.1. The summed E-state index contributed by atoms with van der Waals surface area (Å²) in [6.45, 7) is 1.98. The van der Waals surface area contributed by atoms with Gasteiger partial charge in [0.25, 0.3) is 0 Å². The van der Waals surface area contributed by atoms with Crippen LogP contribution in [0.25, 0.3) is 10.4 Å². The fraction of sp³-hybridized carbons (Fsp3) is 0.400. The Bertz CT molecular complexity index is 697. The molecule has 20 heavy (non-hydrogen) atoms. The lowest BCUT2D eigenvalue weighted by Gasteiger charge is -2.14. The predicted molar refractivity (Wildman–Crippen MR) is 80.5 cm³/mol. The van der Waals surface area contributed by atoms with E-state index >= 15 is 0 Å². The van der Waals surface area contributed by atoms with Crippen molar-refractivity contribution in [2.45, 2.75) is 39.0 Å².